The molecule has 1 aromatic carbocycles. The van der Waals surface area contributed by atoms with Crippen LogP contribution >= 0.6 is 0 Å². The molecule has 0 radical (unpaired) electrons. The predicted octanol–water partition coefficient (Wildman–Crippen LogP) is 3.17. The van der Waals surface area contributed by atoms with E-state index in [-0.39, 0.29) is 18.0 Å². The number of hydrogen-bond acceptors (Lipinski definition) is 3. The Morgan fingerprint density at radius 1 is 1.33 bits per heavy atom. The fourth-order valence-electron chi connectivity index (χ4n) is 1.29. The van der Waals surface area contributed by atoms with Gasteiger partial charge in [-0.1, -0.05) is 0 Å². The molecular weight excluding hydrogens is 254 g/mol. The lowest BCUT2D eigenvalue weighted by molar-refractivity contribution is -0.209. The van der Waals surface area contributed by atoms with Crippen molar-refractivity contribution >= 4 is 5.69 Å². The van der Waals surface area contributed by atoms with Crippen LogP contribution in [-0.4, -0.2) is 26.1 Å². The van der Waals surface area contributed by atoms with Crippen molar-refractivity contribution in [2.24, 2.45) is 0 Å². The van der Waals surface area contributed by atoms with Gasteiger partial charge in [-0.05, 0) is 19.1 Å². The highest BCUT2D eigenvalue weighted by atomic mass is 19.4. The second-order valence-corrected chi connectivity index (χ2v) is 3.37. The van der Waals surface area contributed by atoms with Crippen LogP contribution in [0.5, 0.6) is 5.75 Å². The standard InChI is InChI=1S/C11H13F4NO2/c1-3-18-10(11(13,14)15)16-7-4-5-9(17-2)8(12)6-7/h4-6,10,16H,3H2,1-2H3. The van der Waals surface area contributed by atoms with E-state index in [2.05, 4.69) is 14.8 Å². The zero-order valence-corrected chi connectivity index (χ0v) is 9.84. The number of anilines is 1. The molecule has 18 heavy (non-hydrogen) atoms. The van der Waals surface area contributed by atoms with Crippen LogP contribution in [0.2, 0.25) is 0 Å². The number of halogens is 4. The van der Waals surface area contributed by atoms with Crippen LogP contribution in [0.25, 0.3) is 0 Å². The number of rotatable bonds is 5. The first-order chi connectivity index (χ1) is 8.38. The maximum absolute atomic E-state index is 13.3. The Kier molecular flexibility index (Phi) is 4.77. The van der Waals surface area contributed by atoms with Gasteiger partial charge in [0.2, 0.25) is 6.23 Å². The fourth-order valence-corrected chi connectivity index (χ4v) is 1.29. The number of nitrogens with one attached hydrogen (secondary N) is 1. The van der Waals surface area contributed by atoms with Crippen molar-refractivity contribution in [3.05, 3.63) is 24.0 Å². The monoisotopic (exact) mass is 267 g/mol. The third kappa shape index (κ3) is 3.76. The smallest absolute Gasteiger partial charge is 0.433 e. The Hall–Kier alpha value is -1.50. The van der Waals surface area contributed by atoms with Gasteiger partial charge >= 0.3 is 6.18 Å². The summed E-state index contributed by atoms with van der Waals surface area (Å²) in [7, 11) is 1.27. The maximum atomic E-state index is 13.3. The summed E-state index contributed by atoms with van der Waals surface area (Å²) in [5.41, 5.74) is -0.0379. The molecule has 1 N–H and O–H groups in total. The highest BCUT2D eigenvalue weighted by molar-refractivity contribution is 5.47. The lowest BCUT2D eigenvalue weighted by Crippen LogP contribution is -2.38. The molecule has 0 heterocycles. The third-order valence-electron chi connectivity index (χ3n) is 2.08. The Morgan fingerprint density at radius 2 is 2.00 bits per heavy atom. The summed E-state index contributed by atoms with van der Waals surface area (Å²) in [6, 6.07) is 3.42. The van der Waals surface area contributed by atoms with Crippen molar-refractivity contribution < 1.29 is 27.0 Å². The van der Waals surface area contributed by atoms with E-state index >= 15 is 0 Å². The van der Waals surface area contributed by atoms with Crippen LogP contribution in [-0.2, 0) is 4.74 Å². The number of methoxy groups -OCH3 is 1. The number of ether oxygens (including phenoxy) is 2. The number of hydrogen-bond donors (Lipinski definition) is 1. The average molecular weight is 267 g/mol. The Labute approximate surface area is 102 Å². The third-order valence-corrected chi connectivity index (χ3v) is 2.08. The molecule has 1 aromatic rings. The second kappa shape index (κ2) is 5.90. The summed E-state index contributed by atoms with van der Waals surface area (Å²) >= 11 is 0. The molecule has 0 spiro atoms. The minimum atomic E-state index is -4.58. The zero-order chi connectivity index (χ0) is 13.8. The quantitative estimate of drug-likeness (QED) is 0.656. The molecule has 0 aliphatic heterocycles. The molecule has 0 bridgehead atoms. The molecule has 0 aliphatic carbocycles. The Morgan fingerprint density at radius 3 is 2.44 bits per heavy atom. The van der Waals surface area contributed by atoms with Crippen LogP contribution in [0.3, 0.4) is 0 Å². The van der Waals surface area contributed by atoms with E-state index in [0.717, 1.165) is 6.07 Å². The van der Waals surface area contributed by atoms with Gasteiger partial charge in [-0.25, -0.2) is 4.39 Å². The van der Waals surface area contributed by atoms with E-state index in [9.17, 15) is 17.6 Å². The van der Waals surface area contributed by atoms with Gasteiger partial charge in [0.25, 0.3) is 0 Å². The molecule has 0 aromatic heterocycles. The molecule has 3 nitrogen and oxygen atoms in total. The number of alkyl halides is 3. The minimum Gasteiger partial charge on any atom is -0.494 e. The summed E-state index contributed by atoms with van der Waals surface area (Å²) in [6.45, 7) is 1.32. The predicted molar refractivity (Wildman–Crippen MR) is 58.0 cm³/mol. The molecular formula is C11H13F4NO2. The molecule has 0 amide bonds. The van der Waals surface area contributed by atoms with Crippen molar-refractivity contribution in [2.75, 3.05) is 19.0 Å². The second-order valence-electron chi connectivity index (χ2n) is 3.37. The first-order valence-electron chi connectivity index (χ1n) is 5.17. The van der Waals surface area contributed by atoms with Gasteiger partial charge in [-0.15, -0.1) is 0 Å². The molecule has 1 unspecified atom stereocenters. The largest absolute Gasteiger partial charge is 0.494 e. The molecule has 0 aliphatic rings. The van der Waals surface area contributed by atoms with Gasteiger partial charge in [0.05, 0.1) is 7.11 Å². The molecule has 102 valence electrons. The lowest BCUT2D eigenvalue weighted by Gasteiger charge is -2.22. The van der Waals surface area contributed by atoms with E-state index in [4.69, 9.17) is 0 Å². The lowest BCUT2D eigenvalue weighted by atomic mass is 10.3. The zero-order valence-electron chi connectivity index (χ0n) is 9.84. The van der Waals surface area contributed by atoms with Crippen LogP contribution in [0.4, 0.5) is 23.2 Å². The average Bonchev–Trinajstić information content (AvgIpc) is 2.27. The SMILES string of the molecule is CCOC(Nc1ccc(OC)c(F)c1)C(F)(F)F. The van der Waals surface area contributed by atoms with Gasteiger partial charge in [0.1, 0.15) is 0 Å². The summed E-state index contributed by atoms with van der Waals surface area (Å²) in [5.74, 6) is -0.791. The number of benzene rings is 1. The normalized spacial score (nSPS) is 13.2. The highest BCUT2D eigenvalue weighted by Gasteiger charge is 2.40. The minimum absolute atomic E-state index is 0.0379. The summed E-state index contributed by atoms with van der Waals surface area (Å²) in [6.07, 6.45) is -6.75. The first kappa shape index (κ1) is 14.6. The van der Waals surface area contributed by atoms with E-state index in [1.807, 2.05) is 0 Å². The van der Waals surface area contributed by atoms with Crippen molar-refractivity contribution in [3.8, 4) is 5.75 Å². The molecule has 7 heteroatoms. The van der Waals surface area contributed by atoms with Gasteiger partial charge in [-0.2, -0.15) is 13.2 Å². The topological polar surface area (TPSA) is 30.5 Å². The van der Waals surface area contributed by atoms with Crippen LogP contribution in [0, 0.1) is 5.82 Å². The molecule has 1 rings (SSSR count). The first-order valence-corrected chi connectivity index (χ1v) is 5.17. The summed E-state index contributed by atoms with van der Waals surface area (Å²) in [4.78, 5) is 0. The summed E-state index contributed by atoms with van der Waals surface area (Å²) in [5, 5.41) is 2.07. The van der Waals surface area contributed by atoms with Gasteiger partial charge in [-0.3, -0.25) is 0 Å². The molecule has 0 saturated heterocycles. The van der Waals surface area contributed by atoms with Crippen LogP contribution in [0.1, 0.15) is 6.92 Å². The van der Waals surface area contributed by atoms with Gasteiger partial charge < -0.3 is 14.8 Å². The van der Waals surface area contributed by atoms with Crippen molar-refractivity contribution in [1.82, 2.24) is 0 Å². The Bertz CT molecular complexity index is 395. The molecule has 0 saturated carbocycles. The Balaban J connectivity index is 2.84. The van der Waals surface area contributed by atoms with Crippen molar-refractivity contribution in [2.45, 2.75) is 19.3 Å². The van der Waals surface area contributed by atoms with E-state index in [1.165, 1.54) is 26.2 Å². The van der Waals surface area contributed by atoms with Crippen molar-refractivity contribution in [3.63, 3.8) is 0 Å². The maximum Gasteiger partial charge on any atom is 0.433 e. The summed E-state index contributed by atoms with van der Waals surface area (Å²) < 4.78 is 60.1. The van der Waals surface area contributed by atoms with Gasteiger partial charge in [0, 0.05) is 18.4 Å². The highest BCUT2D eigenvalue weighted by Crippen LogP contribution is 2.26. The molecule has 0 fully saturated rings. The van der Waals surface area contributed by atoms with E-state index < -0.39 is 18.2 Å². The van der Waals surface area contributed by atoms with Gasteiger partial charge in [0.15, 0.2) is 11.6 Å². The van der Waals surface area contributed by atoms with Crippen LogP contribution < -0.4 is 10.1 Å². The molecule has 1 atom stereocenters. The van der Waals surface area contributed by atoms with Crippen molar-refractivity contribution in [1.29, 1.82) is 0 Å². The fraction of sp³-hybridized carbons (Fsp3) is 0.455. The van der Waals surface area contributed by atoms with Crippen LogP contribution in [0.15, 0.2) is 18.2 Å². The van der Waals surface area contributed by atoms with E-state index in [1.54, 1.807) is 0 Å². The van der Waals surface area contributed by atoms with E-state index in [0.29, 0.717) is 0 Å².